The molecular weight excluding hydrogens is 143 g/mol. The fourth-order valence-electron chi connectivity index (χ4n) is 0.535. The van der Waals surface area contributed by atoms with E-state index in [1.165, 1.54) is 0 Å². The van der Waals surface area contributed by atoms with Crippen molar-refractivity contribution in [3.05, 3.63) is 11.7 Å². The Hall–Kier alpha value is -0.793. The quantitative estimate of drug-likeness (QED) is 0.396. The van der Waals surface area contributed by atoms with E-state index in [0.29, 0.717) is 5.82 Å². The number of aromatic nitrogens is 2. The van der Waals surface area contributed by atoms with Crippen LogP contribution in [0.3, 0.4) is 0 Å². The van der Waals surface area contributed by atoms with Gasteiger partial charge in [0, 0.05) is 0 Å². The van der Waals surface area contributed by atoms with Crippen molar-refractivity contribution < 1.29 is 33.3 Å². The Kier molecular flexibility index (Phi) is 3.86. The molecular formula is C5H5LiN2O3. The largest absolute Gasteiger partial charge is 1.00 e. The van der Waals surface area contributed by atoms with Gasteiger partial charge in [-0.3, -0.25) is 0 Å². The molecule has 0 atom stereocenters. The summed E-state index contributed by atoms with van der Waals surface area (Å²) in [4.78, 5) is 13.6. The molecule has 1 rings (SSSR count). The molecule has 0 aliphatic heterocycles. The summed E-state index contributed by atoms with van der Waals surface area (Å²) in [7, 11) is 0. The zero-order chi connectivity index (χ0) is 7.56. The fraction of sp³-hybridized carbons (Fsp3) is 0.400. The van der Waals surface area contributed by atoms with Gasteiger partial charge in [-0.15, -0.1) is 0 Å². The van der Waals surface area contributed by atoms with Gasteiger partial charge >= 0.3 is 18.9 Å². The van der Waals surface area contributed by atoms with Gasteiger partial charge in [0.2, 0.25) is 5.89 Å². The first-order chi connectivity index (χ1) is 4.68. The minimum atomic E-state index is -1.22. The molecule has 0 amide bonds. The van der Waals surface area contributed by atoms with E-state index in [1.807, 2.05) is 0 Å². The van der Waals surface area contributed by atoms with Gasteiger partial charge in [0.25, 0.3) is 0 Å². The average molecular weight is 148 g/mol. The molecule has 1 aromatic rings. The molecule has 0 aliphatic rings. The van der Waals surface area contributed by atoms with Crippen molar-refractivity contribution >= 4 is 5.97 Å². The van der Waals surface area contributed by atoms with Crippen LogP contribution in [0, 0.1) is 6.92 Å². The molecule has 0 aromatic carbocycles. The molecule has 0 saturated carbocycles. The van der Waals surface area contributed by atoms with Crippen molar-refractivity contribution in [2.75, 3.05) is 0 Å². The minimum absolute atomic E-state index is 0. The number of aliphatic carboxylic acids is 1. The predicted molar refractivity (Wildman–Crippen MR) is 27.7 cm³/mol. The summed E-state index contributed by atoms with van der Waals surface area (Å²) < 4.78 is 4.49. The Labute approximate surface area is 75.0 Å². The van der Waals surface area contributed by atoms with Gasteiger partial charge in [0.05, 0.1) is 12.4 Å². The average Bonchev–Trinajstić information content (AvgIpc) is 2.13. The first-order valence-electron chi connectivity index (χ1n) is 2.67. The van der Waals surface area contributed by atoms with Crippen LogP contribution >= 0.6 is 0 Å². The van der Waals surface area contributed by atoms with Gasteiger partial charge in [0.1, 0.15) is 0 Å². The number of hydrogen-bond acceptors (Lipinski definition) is 5. The Morgan fingerprint density at radius 1 is 1.73 bits per heavy atom. The molecule has 0 spiro atoms. The normalized spacial score (nSPS) is 8.82. The van der Waals surface area contributed by atoms with Crippen molar-refractivity contribution in [1.29, 1.82) is 0 Å². The zero-order valence-corrected chi connectivity index (χ0v) is 6.33. The number of carboxylic acids is 1. The third-order valence-electron chi connectivity index (χ3n) is 0.865. The Morgan fingerprint density at radius 2 is 2.36 bits per heavy atom. The summed E-state index contributed by atoms with van der Waals surface area (Å²) >= 11 is 0. The summed E-state index contributed by atoms with van der Waals surface area (Å²) in [5.74, 6) is -0.711. The molecule has 1 aromatic heterocycles. The van der Waals surface area contributed by atoms with Crippen LogP contribution in [0.5, 0.6) is 0 Å². The smallest absolute Gasteiger partial charge is 0.550 e. The van der Waals surface area contributed by atoms with Crippen LogP contribution in [0.25, 0.3) is 0 Å². The molecule has 0 fully saturated rings. The third-order valence-corrected chi connectivity index (χ3v) is 0.865. The molecule has 0 saturated heterocycles. The van der Waals surface area contributed by atoms with E-state index >= 15 is 0 Å². The molecule has 0 bridgehead atoms. The first kappa shape index (κ1) is 10.2. The summed E-state index contributed by atoms with van der Waals surface area (Å²) in [6.07, 6.45) is -0.319. The summed E-state index contributed by atoms with van der Waals surface area (Å²) in [6, 6.07) is 0. The van der Waals surface area contributed by atoms with Crippen LogP contribution in [0.4, 0.5) is 0 Å². The van der Waals surface area contributed by atoms with E-state index in [1.54, 1.807) is 6.92 Å². The van der Waals surface area contributed by atoms with Gasteiger partial charge in [-0.2, -0.15) is 4.98 Å². The van der Waals surface area contributed by atoms with E-state index in [0.717, 1.165) is 0 Å². The summed E-state index contributed by atoms with van der Waals surface area (Å²) in [5.41, 5.74) is 0. The molecule has 0 unspecified atom stereocenters. The maximum atomic E-state index is 9.94. The van der Waals surface area contributed by atoms with Gasteiger partial charge in [-0.25, -0.2) is 0 Å². The second kappa shape index (κ2) is 4.16. The zero-order valence-electron chi connectivity index (χ0n) is 6.33. The molecule has 11 heavy (non-hydrogen) atoms. The van der Waals surface area contributed by atoms with Crippen molar-refractivity contribution in [3.63, 3.8) is 0 Å². The van der Waals surface area contributed by atoms with Crippen molar-refractivity contribution in [3.8, 4) is 0 Å². The second-order valence-corrected chi connectivity index (χ2v) is 1.78. The number of rotatable bonds is 2. The number of hydrogen-bond donors (Lipinski definition) is 0. The number of aryl methyl sites for hydroxylation is 1. The number of nitrogens with zero attached hydrogens (tertiary/aromatic N) is 2. The van der Waals surface area contributed by atoms with Crippen LogP contribution in [-0.2, 0) is 11.2 Å². The Morgan fingerprint density at radius 3 is 2.73 bits per heavy atom. The van der Waals surface area contributed by atoms with Gasteiger partial charge in [0.15, 0.2) is 5.82 Å². The monoisotopic (exact) mass is 148 g/mol. The molecule has 0 aliphatic carbocycles. The number of carbonyl (C=O) groups is 1. The second-order valence-electron chi connectivity index (χ2n) is 1.78. The van der Waals surface area contributed by atoms with Crippen LogP contribution < -0.4 is 24.0 Å². The first-order valence-corrected chi connectivity index (χ1v) is 2.67. The number of carbonyl (C=O) groups excluding carboxylic acids is 1. The summed E-state index contributed by atoms with van der Waals surface area (Å²) in [5, 5.41) is 13.3. The fourth-order valence-corrected chi connectivity index (χ4v) is 0.535. The molecule has 5 nitrogen and oxygen atoms in total. The van der Waals surface area contributed by atoms with Crippen LogP contribution in [0.1, 0.15) is 11.7 Å². The van der Waals surface area contributed by atoms with Gasteiger partial charge in [-0.1, -0.05) is 5.16 Å². The van der Waals surface area contributed by atoms with E-state index in [4.69, 9.17) is 0 Å². The molecule has 1 heterocycles. The predicted octanol–water partition coefficient (Wildman–Crippen LogP) is -4.33. The Balaban J connectivity index is 0.000001000. The van der Waals surface area contributed by atoms with Crippen molar-refractivity contribution in [2.45, 2.75) is 13.3 Å². The maximum Gasteiger partial charge on any atom is 1.00 e. The van der Waals surface area contributed by atoms with Gasteiger partial charge in [-0.05, 0) is 6.92 Å². The minimum Gasteiger partial charge on any atom is -0.550 e. The topological polar surface area (TPSA) is 79.0 Å². The molecule has 54 valence electrons. The standard InChI is InChI=1S/C5H6N2O3.Li/c1-3-6-4(10-7-3)2-5(8)9;/h2H2,1H3,(H,8,9);/q;+1/p-1. The molecule has 6 heteroatoms. The van der Waals surface area contributed by atoms with Gasteiger partial charge < -0.3 is 14.4 Å². The van der Waals surface area contributed by atoms with E-state index in [-0.39, 0.29) is 31.2 Å². The van der Waals surface area contributed by atoms with Crippen LogP contribution in [0.15, 0.2) is 4.52 Å². The van der Waals surface area contributed by atoms with E-state index < -0.39 is 5.97 Å². The third kappa shape index (κ3) is 3.21. The maximum absolute atomic E-state index is 9.94. The molecule has 0 radical (unpaired) electrons. The van der Waals surface area contributed by atoms with Crippen molar-refractivity contribution in [1.82, 2.24) is 10.1 Å². The van der Waals surface area contributed by atoms with Crippen molar-refractivity contribution in [2.24, 2.45) is 0 Å². The van der Waals surface area contributed by atoms with E-state index in [9.17, 15) is 9.90 Å². The van der Waals surface area contributed by atoms with E-state index in [2.05, 4.69) is 14.7 Å². The SMILES string of the molecule is Cc1noc(CC(=O)[O-])n1.[Li+]. The van der Waals surface area contributed by atoms with Crippen LogP contribution in [-0.4, -0.2) is 16.1 Å². The molecule has 0 N–H and O–H groups in total. The van der Waals surface area contributed by atoms with Crippen LogP contribution in [0.2, 0.25) is 0 Å². The number of carboxylic acid groups (broad SMARTS) is 1. The Bertz CT molecular complexity index is 248. The summed E-state index contributed by atoms with van der Waals surface area (Å²) in [6.45, 7) is 1.61.